The highest BCUT2D eigenvalue weighted by Gasteiger charge is 2.25. The van der Waals surface area contributed by atoms with Gasteiger partial charge in [0.15, 0.2) is 5.78 Å². The Morgan fingerprint density at radius 3 is 2.45 bits per heavy atom. The van der Waals surface area contributed by atoms with Crippen LogP contribution in [0.3, 0.4) is 0 Å². The lowest BCUT2D eigenvalue weighted by Crippen LogP contribution is -2.18. The summed E-state index contributed by atoms with van der Waals surface area (Å²) in [6, 6.07) is 6.49. The van der Waals surface area contributed by atoms with Crippen molar-refractivity contribution < 1.29 is 13.2 Å². The summed E-state index contributed by atoms with van der Waals surface area (Å²) in [5, 5.41) is 0. The van der Waals surface area contributed by atoms with Gasteiger partial charge in [0.05, 0.1) is 4.90 Å². The molecule has 1 aromatic heterocycles. The fourth-order valence-corrected chi connectivity index (χ4v) is 3.88. The van der Waals surface area contributed by atoms with Gasteiger partial charge in [-0.15, -0.1) is 0 Å². The number of nitrogens with zero attached hydrogens (tertiary/aromatic N) is 2. The number of aromatic nitrogens is 2. The molecule has 2 rings (SSSR count). The third-order valence-corrected chi connectivity index (χ3v) is 5.31. The molecule has 0 amide bonds. The molecule has 0 aliphatic rings. The van der Waals surface area contributed by atoms with E-state index in [4.69, 9.17) is 0 Å². The monoisotopic (exact) mass is 404 g/mol. The number of rotatable bonds is 4. The van der Waals surface area contributed by atoms with Gasteiger partial charge in [0.2, 0.25) is 0 Å². The largest absolute Gasteiger partial charge is 0.292 e. The van der Waals surface area contributed by atoms with Crippen LogP contribution < -0.4 is 0 Å². The van der Waals surface area contributed by atoms with Crippen LogP contribution in [0.2, 0.25) is 0 Å². The first-order valence-electron chi connectivity index (χ1n) is 5.96. The SMILES string of the molecule is CCC(=O)c1c(I)ncn1S(=O)(=O)c1ccc(C)cc1. The Bertz CT molecular complexity index is 748. The highest BCUT2D eigenvalue weighted by molar-refractivity contribution is 14.1. The van der Waals surface area contributed by atoms with E-state index in [2.05, 4.69) is 4.98 Å². The van der Waals surface area contributed by atoms with Gasteiger partial charge in [-0.05, 0) is 41.6 Å². The van der Waals surface area contributed by atoms with Crippen LogP contribution in [0.25, 0.3) is 0 Å². The zero-order valence-corrected chi connectivity index (χ0v) is 14.0. The number of hydrogen-bond donors (Lipinski definition) is 0. The van der Waals surface area contributed by atoms with Crippen molar-refractivity contribution >= 4 is 38.4 Å². The zero-order valence-electron chi connectivity index (χ0n) is 11.0. The van der Waals surface area contributed by atoms with Crippen LogP contribution in [0.5, 0.6) is 0 Å². The summed E-state index contributed by atoms with van der Waals surface area (Å²) in [7, 11) is -3.79. The molecule has 0 unspecified atom stereocenters. The van der Waals surface area contributed by atoms with Gasteiger partial charge in [0.1, 0.15) is 15.7 Å². The Morgan fingerprint density at radius 2 is 1.90 bits per heavy atom. The van der Waals surface area contributed by atoms with Crippen molar-refractivity contribution in [1.29, 1.82) is 0 Å². The fourth-order valence-electron chi connectivity index (χ4n) is 1.72. The van der Waals surface area contributed by atoms with E-state index in [0.717, 1.165) is 9.54 Å². The standard InChI is InChI=1S/C13H13IN2O3S/c1-3-11(17)12-13(14)15-8-16(12)20(18,19)10-6-4-9(2)5-7-10/h4-8H,3H2,1-2H3. The number of carbonyl (C=O) groups is 1. The highest BCUT2D eigenvalue weighted by atomic mass is 127. The number of benzene rings is 1. The lowest BCUT2D eigenvalue weighted by atomic mass is 10.2. The van der Waals surface area contributed by atoms with Crippen LogP contribution in [0.15, 0.2) is 35.5 Å². The van der Waals surface area contributed by atoms with E-state index in [-0.39, 0.29) is 22.8 Å². The van der Waals surface area contributed by atoms with Gasteiger partial charge in [-0.3, -0.25) is 4.79 Å². The third kappa shape index (κ3) is 2.64. The molecule has 0 N–H and O–H groups in total. The van der Waals surface area contributed by atoms with Crippen LogP contribution in [-0.2, 0) is 10.0 Å². The molecule has 20 heavy (non-hydrogen) atoms. The van der Waals surface area contributed by atoms with Crippen molar-refractivity contribution in [2.75, 3.05) is 0 Å². The predicted octanol–water partition coefficient (Wildman–Crippen LogP) is 2.63. The molecule has 0 saturated heterocycles. The van der Waals surface area contributed by atoms with E-state index >= 15 is 0 Å². The van der Waals surface area contributed by atoms with Gasteiger partial charge in [-0.25, -0.2) is 17.4 Å². The summed E-state index contributed by atoms with van der Waals surface area (Å²) >= 11 is 1.87. The van der Waals surface area contributed by atoms with Gasteiger partial charge in [-0.2, -0.15) is 0 Å². The maximum Gasteiger partial charge on any atom is 0.269 e. The fraction of sp³-hybridized carbons (Fsp3) is 0.231. The number of aryl methyl sites for hydroxylation is 1. The second-order valence-corrected chi connectivity index (χ2v) is 7.11. The van der Waals surface area contributed by atoms with Crippen molar-refractivity contribution in [3.63, 3.8) is 0 Å². The second kappa shape index (κ2) is 5.65. The number of carbonyl (C=O) groups excluding carboxylic acids is 1. The summed E-state index contributed by atoms with van der Waals surface area (Å²) in [5.74, 6) is -0.248. The van der Waals surface area contributed by atoms with Crippen LogP contribution in [0.4, 0.5) is 0 Å². The van der Waals surface area contributed by atoms with E-state index in [0.29, 0.717) is 3.70 Å². The minimum atomic E-state index is -3.79. The zero-order chi connectivity index (χ0) is 14.9. The molecule has 0 fully saturated rings. The van der Waals surface area contributed by atoms with Crippen molar-refractivity contribution in [2.45, 2.75) is 25.2 Å². The van der Waals surface area contributed by atoms with E-state index in [1.54, 1.807) is 19.1 Å². The van der Waals surface area contributed by atoms with Crippen LogP contribution in [0.1, 0.15) is 29.4 Å². The molecule has 0 aliphatic heterocycles. The molecule has 106 valence electrons. The summed E-state index contributed by atoms with van der Waals surface area (Å²) in [6.07, 6.45) is 1.41. The molecule has 0 spiro atoms. The molecule has 0 aliphatic carbocycles. The molecule has 0 radical (unpaired) electrons. The Balaban J connectivity index is 2.61. The third-order valence-electron chi connectivity index (χ3n) is 2.85. The molecule has 0 bridgehead atoms. The Hall–Kier alpha value is -1.22. The Morgan fingerprint density at radius 1 is 1.30 bits per heavy atom. The van der Waals surface area contributed by atoms with E-state index < -0.39 is 10.0 Å². The molecule has 7 heteroatoms. The van der Waals surface area contributed by atoms with Gasteiger partial charge >= 0.3 is 0 Å². The van der Waals surface area contributed by atoms with Crippen molar-refractivity contribution in [1.82, 2.24) is 8.96 Å². The Labute approximate surface area is 131 Å². The van der Waals surface area contributed by atoms with Gasteiger partial charge < -0.3 is 0 Å². The first-order chi connectivity index (χ1) is 9.37. The normalized spacial score (nSPS) is 11.6. The van der Waals surface area contributed by atoms with Gasteiger partial charge in [0.25, 0.3) is 10.0 Å². The number of Topliss-reactive ketones (excluding diaryl/α,β-unsaturated/α-hetero) is 1. The lowest BCUT2D eigenvalue weighted by Gasteiger charge is -2.09. The molecule has 0 atom stereocenters. The topological polar surface area (TPSA) is 69.0 Å². The molecular weight excluding hydrogens is 391 g/mol. The maximum atomic E-state index is 12.6. The average molecular weight is 404 g/mol. The predicted molar refractivity (Wildman–Crippen MR) is 83.3 cm³/mol. The summed E-state index contributed by atoms with van der Waals surface area (Å²) < 4.78 is 26.5. The molecule has 1 heterocycles. The molecule has 1 aromatic carbocycles. The number of hydrogen-bond acceptors (Lipinski definition) is 4. The summed E-state index contributed by atoms with van der Waals surface area (Å²) in [4.78, 5) is 16.0. The number of halogens is 1. The van der Waals surface area contributed by atoms with Crippen molar-refractivity contribution in [3.05, 3.63) is 45.6 Å². The van der Waals surface area contributed by atoms with Crippen LogP contribution in [-0.4, -0.2) is 23.2 Å². The minimum Gasteiger partial charge on any atom is -0.292 e. The highest BCUT2D eigenvalue weighted by Crippen LogP contribution is 2.20. The molecule has 2 aromatic rings. The molecule has 0 saturated carbocycles. The van der Waals surface area contributed by atoms with Crippen molar-refractivity contribution in [3.8, 4) is 0 Å². The van der Waals surface area contributed by atoms with Crippen LogP contribution in [0, 0.1) is 10.6 Å². The summed E-state index contributed by atoms with van der Waals surface area (Å²) in [5.41, 5.74) is 1.09. The van der Waals surface area contributed by atoms with E-state index in [1.807, 2.05) is 29.5 Å². The lowest BCUT2D eigenvalue weighted by molar-refractivity contribution is 0.0981. The smallest absolute Gasteiger partial charge is 0.269 e. The first kappa shape index (κ1) is 15.2. The minimum absolute atomic E-state index is 0.119. The number of ketones is 1. The quantitative estimate of drug-likeness (QED) is 0.581. The molecule has 5 nitrogen and oxygen atoms in total. The average Bonchev–Trinajstić information content (AvgIpc) is 2.81. The number of imidazole rings is 1. The Kier molecular flexibility index (Phi) is 4.28. The van der Waals surface area contributed by atoms with Crippen LogP contribution >= 0.6 is 22.6 Å². The molecular formula is C13H13IN2O3S. The van der Waals surface area contributed by atoms with E-state index in [1.165, 1.54) is 18.5 Å². The van der Waals surface area contributed by atoms with Gasteiger partial charge in [0, 0.05) is 6.42 Å². The first-order valence-corrected chi connectivity index (χ1v) is 8.48. The second-order valence-electron chi connectivity index (χ2n) is 4.27. The van der Waals surface area contributed by atoms with Crippen molar-refractivity contribution in [2.24, 2.45) is 0 Å². The summed E-state index contributed by atoms with van der Waals surface area (Å²) in [6.45, 7) is 3.57. The van der Waals surface area contributed by atoms with Gasteiger partial charge in [-0.1, -0.05) is 24.6 Å². The maximum absolute atomic E-state index is 12.6. The van der Waals surface area contributed by atoms with E-state index in [9.17, 15) is 13.2 Å².